The fraction of sp³-hybridized carbons (Fsp3) is 0.222. The Morgan fingerprint density at radius 3 is 2.38 bits per heavy atom. The van der Waals surface area contributed by atoms with E-state index in [9.17, 15) is 13.6 Å². The Morgan fingerprint density at radius 1 is 1.38 bits per heavy atom. The molecule has 0 aromatic heterocycles. The molecule has 0 saturated heterocycles. The van der Waals surface area contributed by atoms with E-state index >= 15 is 0 Å². The van der Waals surface area contributed by atoms with Gasteiger partial charge >= 0.3 is 5.92 Å². The summed E-state index contributed by atoms with van der Waals surface area (Å²) in [6.07, 6.45) is 0. The number of Topliss-reactive ketones (excluding diaryl/α,β-unsaturated/α-hetero) is 1. The van der Waals surface area contributed by atoms with Crippen LogP contribution in [0.5, 0.6) is 0 Å². The van der Waals surface area contributed by atoms with E-state index in [1.54, 1.807) is 0 Å². The smallest absolute Gasteiger partial charge is 0.293 e. The highest BCUT2D eigenvalue weighted by atomic mass is 35.5. The molecule has 70 valence electrons. The molecule has 1 rings (SSSR count). The highest BCUT2D eigenvalue weighted by molar-refractivity contribution is 6.31. The minimum Gasteiger partial charge on any atom is -0.293 e. The van der Waals surface area contributed by atoms with Crippen LogP contribution in [0.2, 0.25) is 5.02 Å². The number of hydrogen-bond acceptors (Lipinski definition) is 1. The Kier molecular flexibility index (Phi) is 2.66. The van der Waals surface area contributed by atoms with Gasteiger partial charge in [-0.15, -0.1) is 0 Å². The molecule has 0 aliphatic heterocycles. The molecule has 0 fully saturated rings. The van der Waals surface area contributed by atoms with E-state index in [4.69, 9.17) is 11.6 Å². The summed E-state index contributed by atoms with van der Waals surface area (Å²) in [4.78, 5) is 10.6. The second kappa shape index (κ2) is 3.42. The zero-order valence-corrected chi connectivity index (χ0v) is 7.61. The molecule has 0 saturated carbocycles. The number of rotatable bonds is 2. The maximum atomic E-state index is 13.1. The van der Waals surface area contributed by atoms with E-state index in [1.807, 2.05) is 0 Å². The molecule has 0 amide bonds. The van der Waals surface area contributed by atoms with Crippen molar-refractivity contribution in [2.45, 2.75) is 12.8 Å². The minimum atomic E-state index is -3.49. The minimum absolute atomic E-state index is 0.0947. The maximum absolute atomic E-state index is 13.1. The third-order valence-corrected chi connectivity index (χ3v) is 1.98. The molecule has 1 aromatic rings. The van der Waals surface area contributed by atoms with Crippen LogP contribution in [0.3, 0.4) is 0 Å². The standard InChI is InChI=1S/C9H7ClF2O/c1-6(13)9(11,12)7-4-2-3-5-8(7)10/h2-5H,1H3. The Labute approximate surface area is 79.3 Å². The van der Waals surface area contributed by atoms with Gasteiger partial charge in [0, 0.05) is 12.5 Å². The van der Waals surface area contributed by atoms with Gasteiger partial charge in [0.1, 0.15) is 0 Å². The zero-order chi connectivity index (χ0) is 10.1. The Balaban J connectivity index is 3.22. The van der Waals surface area contributed by atoms with Crippen molar-refractivity contribution in [1.82, 2.24) is 0 Å². The van der Waals surface area contributed by atoms with Crippen molar-refractivity contribution in [2.24, 2.45) is 0 Å². The fourth-order valence-corrected chi connectivity index (χ4v) is 1.16. The molecule has 0 N–H and O–H groups in total. The molecule has 13 heavy (non-hydrogen) atoms. The van der Waals surface area contributed by atoms with Gasteiger partial charge in [0.05, 0.1) is 5.02 Å². The number of alkyl halides is 2. The summed E-state index contributed by atoms with van der Waals surface area (Å²) < 4.78 is 26.2. The van der Waals surface area contributed by atoms with Crippen LogP contribution in [0, 0.1) is 0 Å². The first-order valence-electron chi connectivity index (χ1n) is 3.60. The summed E-state index contributed by atoms with van der Waals surface area (Å²) >= 11 is 5.52. The van der Waals surface area contributed by atoms with Gasteiger partial charge in [-0.1, -0.05) is 29.8 Å². The molecule has 0 radical (unpaired) electrons. The summed E-state index contributed by atoms with van der Waals surface area (Å²) in [5.74, 6) is -4.70. The van der Waals surface area contributed by atoms with Crippen LogP contribution in [0.25, 0.3) is 0 Å². The largest absolute Gasteiger partial charge is 0.331 e. The number of benzene rings is 1. The van der Waals surface area contributed by atoms with Crippen LogP contribution in [-0.2, 0) is 10.7 Å². The molecule has 0 bridgehead atoms. The maximum Gasteiger partial charge on any atom is 0.331 e. The van der Waals surface area contributed by atoms with Crippen LogP contribution >= 0.6 is 11.6 Å². The third kappa shape index (κ3) is 1.86. The van der Waals surface area contributed by atoms with Crippen molar-refractivity contribution in [3.8, 4) is 0 Å². The van der Waals surface area contributed by atoms with E-state index in [2.05, 4.69) is 0 Å². The molecule has 0 heterocycles. The van der Waals surface area contributed by atoms with Gasteiger partial charge in [-0.25, -0.2) is 0 Å². The molecule has 1 nitrogen and oxygen atoms in total. The van der Waals surface area contributed by atoms with E-state index in [-0.39, 0.29) is 5.02 Å². The van der Waals surface area contributed by atoms with Gasteiger partial charge < -0.3 is 0 Å². The molecule has 0 aliphatic rings. The monoisotopic (exact) mass is 204 g/mol. The SMILES string of the molecule is CC(=O)C(F)(F)c1ccccc1Cl. The number of carbonyl (C=O) groups is 1. The molecule has 4 heteroatoms. The lowest BCUT2D eigenvalue weighted by Gasteiger charge is -2.13. The van der Waals surface area contributed by atoms with Crippen molar-refractivity contribution in [2.75, 3.05) is 0 Å². The van der Waals surface area contributed by atoms with Crippen molar-refractivity contribution in [3.63, 3.8) is 0 Å². The highest BCUT2D eigenvalue weighted by Gasteiger charge is 2.38. The van der Waals surface area contributed by atoms with Gasteiger partial charge in [-0.05, 0) is 6.07 Å². The summed E-state index contributed by atoms with van der Waals surface area (Å²) in [6.45, 7) is 0.837. The van der Waals surface area contributed by atoms with Crippen LogP contribution in [0.1, 0.15) is 12.5 Å². The predicted molar refractivity (Wildman–Crippen MR) is 46.0 cm³/mol. The topological polar surface area (TPSA) is 17.1 Å². The van der Waals surface area contributed by atoms with Gasteiger partial charge in [0.2, 0.25) is 5.78 Å². The quantitative estimate of drug-likeness (QED) is 0.724. The van der Waals surface area contributed by atoms with E-state index in [1.165, 1.54) is 18.2 Å². The van der Waals surface area contributed by atoms with E-state index < -0.39 is 17.3 Å². The van der Waals surface area contributed by atoms with E-state index in [0.29, 0.717) is 0 Å². The molecule has 1 aromatic carbocycles. The first-order chi connectivity index (χ1) is 5.96. The normalized spacial score (nSPS) is 11.4. The second-order valence-corrected chi connectivity index (χ2v) is 3.02. The lowest BCUT2D eigenvalue weighted by molar-refractivity contribution is -0.141. The summed E-state index contributed by atoms with van der Waals surface area (Å²) in [6, 6.07) is 5.41. The lowest BCUT2D eigenvalue weighted by Crippen LogP contribution is -2.23. The second-order valence-electron chi connectivity index (χ2n) is 2.61. The first-order valence-corrected chi connectivity index (χ1v) is 3.98. The fourth-order valence-electron chi connectivity index (χ4n) is 0.905. The average molecular weight is 205 g/mol. The molecule has 0 aliphatic carbocycles. The number of hydrogen-bond donors (Lipinski definition) is 0. The lowest BCUT2D eigenvalue weighted by atomic mass is 10.1. The molecular weight excluding hydrogens is 198 g/mol. The first kappa shape index (κ1) is 10.1. The van der Waals surface area contributed by atoms with Gasteiger partial charge in [0.15, 0.2) is 0 Å². The van der Waals surface area contributed by atoms with Crippen LogP contribution in [0.15, 0.2) is 24.3 Å². The zero-order valence-electron chi connectivity index (χ0n) is 6.85. The Bertz CT molecular complexity index is 336. The summed E-state index contributed by atoms with van der Waals surface area (Å²) in [5.41, 5.74) is -0.441. The molecule has 0 spiro atoms. The van der Waals surface area contributed by atoms with Crippen LogP contribution in [-0.4, -0.2) is 5.78 Å². The van der Waals surface area contributed by atoms with Gasteiger partial charge in [-0.2, -0.15) is 8.78 Å². The Morgan fingerprint density at radius 2 is 1.92 bits per heavy atom. The summed E-state index contributed by atoms with van der Waals surface area (Å²) in [5, 5.41) is -0.0947. The third-order valence-electron chi connectivity index (χ3n) is 1.65. The van der Waals surface area contributed by atoms with Gasteiger partial charge in [-0.3, -0.25) is 4.79 Å². The number of carbonyl (C=O) groups excluding carboxylic acids is 1. The van der Waals surface area contributed by atoms with Crippen LogP contribution in [0.4, 0.5) is 8.78 Å². The Hall–Kier alpha value is -0.960. The van der Waals surface area contributed by atoms with E-state index in [0.717, 1.165) is 13.0 Å². The van der Waals surface area contributed by atoms with Crippen molar-refractivity contribution >= 4 is 17.4 Å². The summed E-state index contributed by atoms with van der Waals surface area (Å²) in [7, 11) is 0. The molecule has 0 atom stereocenters. The van der Waals surface area contributed by atoms with Crippen molar-refractivity contribution < 1.29 is 13.6 Å². The molecular formula is C9H7ClF2O. The predicted octanol–water partition coefficient (Wildman–Crippen LogP) is 3.02. The molecule has 0 unspecified atom stereocenters. The van der Waals surface area contributed by atoms with Gasteiger partial charge in [0.25, 0.3) is 0 Å². The van der Waals surface area contributed by atoms with Crippen molar-refractivity contribution in [1.29, 1.82) is 0 Å². The number of ketones is 1. The van der Waals surface area contributed by atoms with Crippen LogP contribution < -0.4 is 0 Å². The number of halogens is 3. The average Bonchev–Trinajstić information content (AvgIpc) is 2.04. The van der Waals surface area contributed by atoms with Crippen molar-refractivity contribution in [3.05, 3.63) is 34.9 Å². The highest BCUT2D eigenvalue weighted by Crippen LogP contribution is 2.33.